The molecule has 0 aliphatic carbocycles. The van der Waals surface area contributed by atoms with Crippen molar-refractivity contribution in [2.45, 2.75) is 50.4 Å². The number of nitrogens with one attached hydrogen (secondary N) is 2. The first-order valence-corrected chi connectivity index (χ1v) is 10.9. The molecule has 3 fully saturated rings. The molecule has 0 spiro atoms. The molecule has 1 aromatic carbocycles. The van der Waals surface area contributed by atoms with Gasteiger partial charge in [0.2, 0.25) is 11.8 Å². The van der Waals surface area contributed by atoms with Crippen LogP contribution < -0.4 is 10.6 Å². The summed E-state index contributed by atoms with van der Waals surface area (Å²) in [4.78, 5) is 53.1. The van der Waals surface area contributed by atoms with Crippen LogP contribution in [0.3, 0.4) is 0 Å². The first-order valence-electron chi connectivity index (χ1n) is 10.9. The van der Waals surface area contributed by atoms with Crippen LogP contribution in [0.4, 0.5) is 0 Å². The van der Waals surface area contributed by atoms with Crippen LogP contribution in [0.5, 0.6) is 0 Å². The summed E-state index contributed by atoms with van der Waals surface area (Å²) in [6.07, 6.45) is 2.42. The predicted octanol–water partition coefficient (Wildman–Crippen LogP) is 0.0406. The predicted molar refractivity (Wildman–Crippen MR) is 109 cm³/mol. The lowest BCUT2D eigenvalue weighted by atomic mass is 9.99. The molecule has 2 N–H and O–H groups in total. The van der Waals surface area contributed by atoms with Crippen molar-refractivity contribution in [1.29, 1.82) is 0 Å². The molecule has 9 nitrogen and oxygen atoms in total. The summed E-state index contributed by atoms with van der Waals surface area (Å²) in [5.74, 6) is -1.90. The minimum atomic E-state index is -0.938. The molecule has 0 radical (unpaired) electrons. The summed E-state index contributed by atoms with van der Waals surface area (Å²) in [7, 11) is 0. The number of hydrogen-bond donors (Lipinski definition) is 2. The highest BCUT2D eigenvalue weighted by molar-refractivity contribution is 6.23. The number of carbonyl (C=O) groups is 4. The molecule has 4 aliphatic heterocycles. The maximum absolute atomic E-state index is 13.1. The quantitative estimate of drug-likeness (QED) is 0.640. The van der Waals surface area contributed by atoms with Gasteiger partial charge in [0.15, 0.2) is 0 Å². The van der Waals surface area contributed by atoms with E-state index in [1.807, 2.05) is 6.07 Å². The first kappa shape index (κ1) is 20.3. The fourth-order valence-corrected chi connectivity index (χ4v) is 4.94. The van der Waals surface area contributed by atoms with Crippen LogP contribution in [0.2, 0.25) is 0 Å². The largest absolute Gasteiger partial charge is 0.378 e. The molecule has 0 bridgehead atoms. The van der Waals surface area contributed by atoms with E-state index in [0.29, 0.717) is 29.8 Å². The van der Waals surface area contributed by atoms with Crippen LogP contribution >= 0.6 is 0 Å². The van der Waals surface area contributed by atoms with Crippen LogP contribution in [-0.4, -0.2) is 77.9 Å². The zero-order chi connectivity index (χ0) is 21.5. The molecule has 9 heteroatoms. The van der Waals surface area contributed by atoms with Gasteiger partial charge < -0.3 is 10.1 Å². The lowest BCUT2D eigenvalue weighted by molar-refractivity contribution is -0.136. The molecule has 0 saturated carbocycles. The van der Waals surface area contributed by atoms with E-state index >= 15 is 0 Å². The number of amides is 4. The van der Waals surface area contributed by atoms with Gasteiger partial charge in [-0.2, -0.15) is 0 Å². The van der Waals surface area contributed by atoms with Gasteiger partial charge in [-0.3, -0.25) is 34.3 Å². The summed E-state index contributed by atoms with van der Waals surface area (Å²) < 4.78 is 5.42. The Morgan fingerprint density at radius 1 is 0.968 bits per heavy atom. The summed E-state index contributed by atoms with van der Waals surface area (Å²) in [6, 6.07) is 5.26. The molecule has 1 aromatic rings. The number of fused-ring (bicyclic) bond motifs is 1. The molecule has 4 aliphatic rings. The van der Waals surface area contributed by atoms with E-state index in [0.717, 1.165) is 49.6 Å². The van der Waals surface area contributed by atoms with Crippen molar-refractivity contribution in [3.63, 3.8) is 0 Å². The fourth-order valence-electron chi connectivity index (χ4n) is 4.94. The average molecular weight is 426 g/mol. The van der Waals surface area contributed by atoms with Crippen molar-refractivity contribution in [2.24, 2.45) is 0 Å². The Labute approximate surface area is 180 Å². The zero-order valence-corrected chi connectivity index (χ0v) is 17.3. The summed E-state index contributed by atoms with van der Waals surface area (Å²) >= 11 is 0. The maximum Gasteiger partial charge on any atom is 0.262 e. The Kier molecular flexibility index (Phi) is 5.33. The average Bonchev–Trinajstić information content (AvgIpc) is 2.97. The van der Waals surface area contributed by atoms with Gasteiger partial charge in [-0.15, -0.1) is 0 Å². The van der Waals surface area contributed by atoms with Gasteiger partial charge in [-0.25, -0.2) is 0 Å². The molecule has 3 saturated heterocycles. The molecular formula is C22H26N4O5. The minimum Gasteiger partial charge on any atom is -0.378 e. The van der Waals surface area contributed by atoms with Gasteiger partial charge in [0, 0.05) is 19.0 Å². The lowest BCUT2D eigenvalue weighted by Crippen LogP contribution is -2.55. The van der Waals surface area contributed by atoms with Crippen LogP contribution in [0.25, 0.3) is 0 Å². The molecular weight excluding hydrogens is 400 g/mol. The highest BCUT2D eigenvalue weighted by Crippen LogP contribution is 2.30. The lowest BCUT2D eigenvalue weighted by Gasteiger charge is -2.43. The second kappa shape index (κ2) is 8.14. The number of ether oxygens (including phenoxy) is 1. The number of benzene rings is 1. The van der Waals surface area contributed by atoms with E-state index in [2.05, 4.69) is 15.5 Å². The Balaban J connectivity index is 1.37. The Morgan fingerprint density at radius 2 is 1.71 bits per heavy atom. The molecule has 31 heavy (non-hydrogen) atoms. The molecule has 4 heterocycles. The van der Waals surface area contributed by atoms with E-state index in [1.54, 1.807) is 12.1 Å². The third-order valence-corrected chi connectivity index (χ3v) is 6.74. The summed E-state index contributed by atoms with van der Waals surface area (Å²) in [5.41, 5.74) is 1.62. The second-order valence-electron chi connectivity index (χ2n) is 8.67. The van der Waals surface area contributed by atoms with Crippen LogP contribution in [0.1, 0.15) is 52.0 Å². The number of imide groups is 2. The van der Waals surface area contributed by atoms with Crippen molar-refractivity contribution in [2.75, 3.05) is 26.3 Å². The van der Waals surface area contributed by atoms with Crippen molar-refractivity contribution >= 4 is 23.6 Å². The number of rotatable bonds is 5. The van der Waals surface area contributed by atoms with Crippen molar-refractivity contribution in [3.05, 3.63) is 34.9 Å². The van der Waals surface area contributed by atoms with Crippen molar-refractivity contribution < 1.29 is 23.9 Å². The molecule has 4 amide bonds. The van der Waals surface area contributed by atoms with Crippen LogP contribution in [-0.2, 0) is 20.9 Å². The molecule has 164 valence electrons. The number of hydrogen-bond acceptors (Lipinski definition) is 7. The van der Waals surface area contributed by atoms with Crippen molar-refractivity contribution in [3.8, 4) is 0 Å². The van der Waals surface area contributed by atoms with Gasteiger partial charge in [0.05, 0.1) is 30.4 Å². The third kappa shape index (κ3) is 3.66. The van der Waals surface area contributed by atoms with E-state index < -0.39 is 23.8 Å². The van der Waals surface area contributed by atoms with E-state index in [4.69, 9.17) is 4.74 Å². The van der Waals surface area contributed by atoms with E-state index in [1.165, 1.54) is 0 Å². The molecule has 1 unspecified atom stereocenters. The highest BCUT2D eigenvalue weighted by Gasteiger charge is 2.44. The normalized spacial score (nSPS) is 25.1. The second-order valence-corrected chi connectivity index (χ2v) is 8.67. The maximum atomic E-state index is 13.1. The Bertz CT molecular complexity index is 938. The van der Waals surface area contributed by atoms with Gasteiger partial charge in [-0.1, -0.05) is 6.07 Å². The van der Waals surface area contributed by atoms with E-state index in [9.17, 15) is 19.2 Å². The third-order valence-electron chi connectivity index (χ3n) is 6.74. The SMILES string of the molecule is O=C1CCC(N2C(=O)c3ccc(CN(C4CCNCC4)C4COC4)cc3C2=O)C(=O)N1. The minimum absolute atomic E-state index is 0.115. The highest BCUT2D eigenvalue weighted by atomic mass is 16.5. The number of nitrogens with zero attached hydrogens (tertiary/aromatic N) is 2. The van der Waals surface area contributed by atoms with Crippen LogP contribution in [0.15, 0.2) is 18.2 Å². The monoisotopic (exact) mass is 426 g/mol. The topological polar surface area (TPSA) is 108 Å². The summed E-state index contributed by atoms with van der Waals surface area (Å²) in [5, 5.41) is 5.62. The first-order chi connectivity index (χ1) is 15.0. The Hall–Kier alpha value is -2.62. The fraction of sp³-hybridized carbons (Fsp3) is 0.545. The molecule has 1 atom stereocenters. The number of carbonyl (C=O) groups excluding carboxylic acids is 4. The van der Waals surface area contributed by atoms with Gasteiger partial charge >= 0.3 is 0 Å². The standard InChI is InChI=1S/C22H26N4O5/c27-19-4-3-18(20(28)24-19)26-21(29)16-2-1-13(9-17(16)22(26)30)10-25(15-11-31-12-15)14-5-7-23-8-6-14/h1-2,9,14-15,18,23H,3-8,10-12H2,(H,24,27,28). The van der Waals surface area contributed by atoms with Gasteiger partial charge in [0.25, 0.3) is 11.8 Å². The van der Waals surface area contributed by atoms with Gasteiger partial charge in [0.1, 0.15) is 6.04 Å². The number of piperidine rings is 2. The summed E-state index contributed by atoms with van der Waals surface area (Å²) in [6.45, 7) is 4.11. The molecule has 5 rings (SSSR count). The van der Waals surface area contributed by atoms with Crippen LogP contribution in [0, 0.1) is 0 Å². The van der Waals surface area contributed by atoms with Gasteiger partial charge in [-0.05, 0) is 50.0 Å². The molecule has 0 aromatic heterocycles. The zero-order valence-electron chi connectivity index (χ0n) is 17.3. The van der Waals surface area contributed by atoms with Crippen molar-refractivity contribution in [1.82, 2.24) is 20.4 Å². The Morgan fingerprint density at radius 3 is 2.39 bits per heavy atom. The smallest absolute Gasteiger partial charge is 0.262 e. The van der Waals surface area contributed by atoms with E-state index in [-0.39, 0.29) is 18.7 Å².